The standard InChI is InChI=1S/C16H16N2O2S/c1-10-2-3-11(12-5-9-20-15(10)12)14-13(4-8-19)21-16-17-6-7-18(14)16/h2-3,5,9,19H,4,6-8H2,1H3. The van der Waals surface area contributed by atoms with Crippen molar-refractivity contribution in [2.24, 2.45) is 4.99 Å². The number of furan rings is 1. The molecule has 1 aromatic carbocycles. The lowest BCUT2D eigenvalue weighted by Gasteiger charge is -2.18. The summed E-state index contributed by atoms with van der Waals surface area (Å²) >= 11 is 1.69. The summed E-state index contributed by atoms with van der Waals surface area (Å²) in [7, 11) is 0. The van der Waals surface area contributed by atoms with Gasteiger partial charge in [0, 0.05) is 35.4 Å². The number of rotatable bonds is 3. The Bertz CT molecular complexity index is 776. The summed E-state index contributed by atoms with van der Waals surface area (Å²) in [5, 5.41) is 11.5. The molecule has 108 valence electrons. The number of aryl methyl sites for hydroxylation is 1. The highest BCUT2D eigenvalue weighted by Crippen LogP contribution is 2.45. The number of fused-ring (bicyclic) bond motifs is 2. The second-order valence-electron chi connectivity index (χ2n) is 5.26. The predicted octanol–water partition coefficient (Wildman–Crippen LogP) is 3.21. The van der Waals surface area contributed by atoms with Crippen LogP contribution in [0.1, 0.15) is 17.5 Å². The van der Waals surface area contributed by atoms with Crippen LogP contribution in [0, 0.1) is 6.92 Å². The van der Waals surface area contributed by atoms with Gasteiger partial charge in [0.05, 0.1) is 18.5 Å². The molecule has 3 heterocycles. The Hall–Kier alpha value is -1.72. The lowest BCUT2D eigenvalue weighted by atomic mass is 10.0. The van der Waals surface area contributed by atoms with Crippen molar-refractivity contribution in [1.29, 1.82) is 0 Å². The molecule has 0 saturated carbocycles. The van der Waals surface area contributed by atoms with Crippen molar-refractivity contribution in [1.82, 2.24) is 4.90 Å². The zero-order chi connectivity index (χ0) is 14.4. The summed E-state index contributed by atoms with van der Waals surface area (Å²) in [5.74, 6) is 0. The molecule has 4 nitrogen and oxygen atoms in total. The Balaban J connectivity index is 1.92. The number of hydrogen-bond acceptors (Lipinski definition) is 5. The minimum Gasteiger partial charge on any atom is -0.464 e. The van der Waals surface area contributed by atoms with Crippen molar-refractivity contribution in [2.45, 2.75) is 13.3 Å². The average molecular weight is 300 g/mol. The van der Waals surface area contributed by atoms with E-state index in [1.165, 1.54) is 16.2 Å². The quantitative estimate of drug-likeness (QED) is 0.945. The second kappa shape index (κ2) is 4.93. The molecule has 5 heteroatoms. The van der Waals surface area contributed by atoms with Crippen LogP contribution in [0.3, 0.4) is 0 Å². The van der Waals surface area contributed by atoms with E-state index in [2.05, 4.69) is 28.9 Å². The van der Waals surface area contributed by atoms with Crippen molar-refractivity contribution < 1.29 is 9.52 Å². The van der Waals surface area contributed by atoms with Crippen LogP contribution in [-0.2, 0) is 0 Å². The molecular weight excluding hydrogens is 284 g/mol. The van der Waals surface area contributed by atoms with Crippen LogP contribution in [-0.4, -0.2) is 34.9 Å². The Kier molecular flexibility index (Phi) is 3.05. The maximum atomic E-state index is 9.35. The molecule has 0 spiro atoms. The largest absolute Gasteiger partial charge is 0.464 e. The van der Waals surface area contributed by atoms with Gasteiger partial charge < -0.3 is 14.4 Å². The second-order valence-corrected chi connectivity index (χ2v) is 6.32. The highest BCUT2D eigenvalue weighted by atomic mass is 32.2. The normalized spacial score (nSPS) is 17.8. The minimum atomic E-state index is 0.160. The third kappa shape index (κ3) is 1.92. The number of aliphatic hydroxyl groups is 1. The molecule has 2 aliphatic heterocycles. The highest BCUT2D eigenvalue weighted by Gasteiger charge is 2.33. The monoisotopic (exact) mass is 300 g/mol. The van der Waals surface area contributed by atoms with E-state index < -0.39 is 0 Å². The van der Waals surface area contributed by atoms with E-state index in [1.54, 1.807) is 18.0 Å². The van der Waals surface area contributed by atoms with Gasteiger partial charge >= 0.3 is 0 Å². The summed E-state index contributed by atoms with van der Waals surface area (Å²) < 4.78 is 5.63. The minimum absolute atomic E-state index is 0.160. The van der Waals surface area contributed by atoms with Crippen molar-refractivity contribution in [3.05, 3.63) is 40.5 Å². The number of nitrogens with zero attached hydrogens (tertiary/aromatic N) is 2. The van der Waals surface area contributed by atoms with Gasteiger partial charge in [0.15, 0.2) is 5.17 Å². The summed E-state index contributed by atoms with van der Waals surface area (Å²) in [6.07, 6.45) is 2.41. The molecule has 21 heavy (non-hydrogen) atoms. The predicted molar refractivity (Wildman–Crippen MR) is 86.2 cm³/mol. The molecular formula is C16H16N2O2S. The molecule has 0 bridgehead atoms. The topological polar surface area (TPSA) is 49.0 Å². The van der Waals surface area contributed by atoms with Gasteiger partial charge in [0.1, 0.15) is 5.58 Å². The first-order chi connectivity index (χ1) is 10.3. The van der Waals surface area contributed by atoms with Crippen LogP contribution in [0.15, 0.2) is 38.8 Å². The molecule has 2 aromatic rings. The third-order valence-corrected chi connectivity index (χ3v) is 5.13. The fraction of sp³-hybridized carbons (Fsp3) is 0.312. The van der Waals surface area contributed by atoms with Gasteiger partial charge in [-0.05, 0) is 18.6 Å². The number of benzene rings is 1. The van der Waals surface area contributed by atoms with Gasteiger partial charge in [-0.3, -0.25) is 4.99 Å². The van der Waals surface area contributed by atoms with E-state index in [4.69, 9.17) is 4.42 Å². The van der Waals surface area contributed by atoms with E-state index in [-0.39, 0.29) is 6.61 Å². The van der Waals surface area contributed by atoms with Gasteiger partial charge in [-0.1, -0.05) is 23.9 Å². The summed E-state index contributed by atoms with van der Waals surface area (Å²) in [6.45, 7) is 3.98. The fourth-order valence-electron chi connectivity index (χ4n) is 3.00. The van der Waals surface area contributed by atoms with Gasteiger partial charge in [-0.2, -0.15) is 0 Å². The van der Waals surface area contributed by atoms with Crippen LogP contribution < -0.4 is 0 Å². The van der Waals surface area contributed by atoms with Crippen LogP contribution >= 0.6 is 11.8 Å². The molecule has 1 N–H and O–H groups in total. The number of hydrogen-bond donors (Lipinski definition) is 1. The molecule has 2 aliphatic rings. The van der Waals surface area contributed by atoms with Crippen molar-refractivity contribution >= 4 is 33.6 Å². The maximum absolute atomic E-state index is 9.35. The number of amidine groups is 1. The van der Waals surface area contributed by atoms with E-state index in [1.807, 2.05) is 6.07 Å². The van der Waals surface area contributed by atoms with Crippen LogP contribution in [0.2, 0.25) is 0 Å². The fourth-order valence-corrected chi connectivity index (χ4v) is 4.18. The van der Waals surface area contributed by atoms with Crippen molar-refractivity contribution in [3.8, 4) is 0 Å². The van der Waals surface area contributed by atoms with Crippen LogP contribution in [0.5, 0.6) is 0 Å². The van der Waals surface area contributed by atoms with Crippen LogP contribution in [0.25, 0.3) is 16.7 Å². The molecule has 0 atom stereocenters. The summed E-state index contributed by atoms with van der Waals surface area (Å²) in [6, 6.07) is 6.28. The lowest BCUT2D eigenvalue weighted by Crippen LogP contribution is -2.20. The third-order valence-electron chi connectivity index (χ3n) is 3.96. The molecule has 4 rings (SSSR count). The summed E-state index contributed by atoms with van der Waals surface area (Å²) in [5.41, 5.74) is 4.45. The zero-order valence-electron chi connectivity index (χ0n) is 11.8. The number of aliphatic hydroxyl groups excluding tert-OH is 1. The van der Waals surface area contributed by atoms with Crippen molar-refractivity contribution in [3.63, 3.8) is 0 Å². The molecule has 0 fully saturated rings. The Morgan fingerprint density at radius 1 is 1.38 bits per heavy atom. The van der Waals surface area contributed by atoms with Gasteiger partial charge in [0.2, 0.25) is 0 Å². The van der Waals surface area contributed by atoms with E-state index in [0.29, 0.717) is 6.42 Å². The number of thioether (sulfide) groups is 1. The molecule has 0 saturated heterocycles. The lowest BCUT2D eigenvalue weighted by molar-refractivity contribution is 0.301. The Labute approximate surface area is 127 Å². The van der Waals surface area contributed by atoms with Crippen molar-refractivity contribution in [2.75, 3.05) is 19.7 Å². The molecule has 0 amide bonds. The maximum Gasteiger partial charge on any atom is 0.168 e. The number of aliphatic imine (C=N–C) groups is 1. The first-order valence-electron chi connectivity index (χ1n) is 7.10. The van der Waals surface area contributed by atoms with E-state index >= 15 is 0 Å². The van der Waals surface area contributed by atoms with E-state index in [9.17, 15) is 5.11 Å². The van der Waals surface area contributed by atoms with Gasteiger partial charge in [-0.15, -0.1) is 0 Å². The smallest absolute Gasteiger partial charge is 0.168 e. The molecule has 0 unspecified atom stereocenters. The summed E-state index contributed by atoms with van der Waals surface area (Å²) in [4.78, 5) is 8.02. The molecule has 0 radical (unpaired) electrons. The molecule has 1 aromatic heterocycles. The average Bonchev–Trinajstić information content (AvgIpc) is 3.15. The van der Waals surface area contributed by atoms with E-state index in [0.717, 1.165) is 34.8 Å². The Morgan fingerprint density at radius 2 is 2.29 bits per heavy atom. The van der Waals surface area contributed by atoms with Gasteiger partial charge in [-0.25, -0.2) is 0 Å². The molecule has 0 aliphatic carbocycles. The zero-order valence-corrected chi connectivity index (χ0v) is 12.6. The first-order valence-corrected chi connectivity index (χ1v) is 7.92. The SMILES string of the molecule is Cc1ccc(C2=C(CCO)SC3=NCCN32)c2ccoc12. The highest BCUT2D eigenvalue weighted by molar-refractivity contribution is 8.17. The first kappa shape index (κ1) is 13.0. The van der Waals surface area contributed by atoms with Crippen LogP contribution in [0.4, 0.5) is 0 Å². The Morgan fingerprint density at radius 3 is 3.14 bits per heavy atom. The van der Waals surface area contributed by atoms with Gasteiger partial charge in [0.25, 0.3) is 0 Å².